The van der Waals surface area contributed by atoms with Crippen molar-refractivity contribution in [3.63, 3.8) is 0 Å². The highest BCUT2D eigenvalue weighted by Gasteiger charge is 2.06. The summed E-state index contributed by atoms with van der Waals surface area (Å²) in [5.41, 5.74) is 9.67. The van der Waals surface area contributed by atoms with E-state index < -0.39 is 0 Å². The highest BCUT2D eigenvalue weighted by Crippen LogP contribution is 2.15. The monoisotopic (exact) mass is 191 g/mol. The van der Waals surface area contributed by atoms with Crippen LogP contribution in [0.2, 0.25) is 0 Å². The van der Waals surface area contributed by atoms with E-state index in [1.807, 2.05) is 19.9 Å². The van der Waals surface area contributed by atoms with Gasteiger partial charge in [-0.05, 0) is 31.0 Å². The van der Waals surface area contributed by atoms with Gasteiger partial charge in [-0.3, -0.25) is 14.4 Å². The van der Waals surface area contributed by atoms with Gasteiger partial charge in [-0.25, -0.2) is 0 Å². The normalized spacial score (nSPS) is 11.1. The van der Waals surface area contributed by atoms with Gasteiger partial charge in [0.2, 0.25) is 0 Å². The highest BCUT2D eigenvalue weighted by atomic mass is 16.1. The van der Waals surface area contributed by atoms with E-state index in [9.17, 15) is 4.79 Å². The average Bonchev–Trinajstić information content (AvgIpc) is 2.47. The maximum atomic E-state index is 11.1. The van der Waals surface area contributed by atoms with Crippen molar-refractivity contribution < 1.29 is 0 Å². The average molecular weight is 191 g/mol. The molecule has 2 aromatic heterocycles. The van der Waals surface area contributed by atoms with E-state index in [0.717, 1.165) is 22.3 Å². The summed E-state index contributed by atoms with van der Waals surface area (Å²) in [5.74, 6) is 0. The van der Waals surface area contributed by atoms with E-state index >= 15 is 0 Å². The predicted molar refractivity (Wildman–Crippen MR) is 55.4 cm³/mol. The summed E-state index contributed by atoms with van der Waals surface area (Å²) >= 11 is 0. The van der Waals surface area contributed by atoms with Crippen molar-refractivity contribution in [1.29, 1.82) is 0 Å². The van der Waals surface area contributed by atoms with Crippen LogP contribution in [0.25, 0.3) is 5.52 Å². The van der Waals surface area contributed by atoms with E-state index in [-0.39, 0.29) is 5.56 Å². The molecule has 3 N–H and O–H groups in total. The van der Waals surface area contributed by atoms with E-state index in [0.29, 0.717) is 6.54 Å². The molecule has 0 amide bonds. The van der Waals surface area contributed by atoms with Gasteiger partial charge >= 0.3 is 0 Å². The number of nitrogens with zero attached hydrogens (tertiary/aromatic N) is 1. The van der Waals surface area contributed by atoms with Crippen LogP contribution in [-0.4, -0.2) is 9.61 Å². The van der Waals surface area contributed by atoms with E-state index in [1.165, 1.54) is 0 Å². The van der Waals surface area contributed by atoms with Gasteiger partial charge in [0.15, 0.2) is 0 Å². The number of nitrogens with two attached hydrogens (primary N) is 1. The van der Waals surface area contributed by atoms with Crippen molar-refractivity contribution in [2.45, 2.75) is 20.4 Å². The van der Waals surface area contributed by atoms with Crippen LogP contribution in [0.3, 0.4) is 0 Å². The van der Waals surface area contributed by atoms with Crippen molar-refractivity contribution >= 4 is 5.52 Å². The number of hydrogen-bond acceptors (Lipinski definition) is 2. The molecule has 0 radical (unpaired) electrons. The number of pyridine rings is 1. The van der Waals surface area contributed by atoms with Gasteiger partial charge in [0.1, 0.15) is 0 Å². The van der Waals surface area contributed by atoms with E-state index in [1.54, 1.807) is 10.6 Å². The molecule has 0 fully saturated rings. The Morgan fingerprint density at radius 3 is 2.79 bits per heavy atom. The molecule has 0 aromatic carbocycles. The molecule has 2 aromatic rings. The zero-order valence-electron chi connectivity index (χ0n) is 8.29. The number of rotatable bonds is 1. The maximum Gasteiger partial charge on any atom is 0.264 e. The third-order valence-corrected chi connectivity index (χ3v) is 2.58. The minimum Gasteiger partial charge on any atom is -0.326 e. The molecule has 0 aliphatic carbocycles. The second kappa shape index (κ2) is 2.99. The van der Waals surface area contributed by atoms with Gasteiger partial charge < -0.3 is 5.73 Å². The van der Waals surface area contributed by atoms with Gasteiger partial charge in [0.05, 0.1) is 5.52 Å². The molecule has 0 atom stereocenters. The number of aryl methyl sites for hydroxylation is 2. The first kappa shape index (κ1) is 9.02. The fraction of sp³-hybridized carbons (Fsp3) is 0.300. The summed E-state index contributed by atoms with van der Waals surface area (Å²) in [6.07, 6.45) is 0. The van der Waals surface area contributed by atoms with Crippen molar-refractivity contribution in [3.05, 3.63) is 39.3 Å². The van der Waals surface area contributed by atoms with Crippen LogP contribution in [0.5, 0.6) is 0 Å². The molecule has 4 nitrogen and oxygen atoms in total. The number of hydrogen-bond donors (Lipinski definition) is 2. The number of H-pyrrole nitrogens is 1. The van der Waals surface area contributed by atoms with E-state index in [4.69, 9.17) is 5.73 Å². The lowest BCUT2D eigenvalue weighted by molar-refractivity contribution is 0.858. The summed E-state index contributed by atoms with van der Waals surface area (Å²) in [6, 6.07) is 3.55. The lowest BCUT2D eigenvalue weighted by Gasteiger charge is -2.09. The molecular weight excluding hydrogens is 178 g/mol. The van der Waals surface area contributed by atoms with Gasteiger partial charge in [-0.2, -0.15) is 0 Å². The minimum atomic E-state index is -0.0818. The zero-order chi connectivity index (χ0) is 10.3. The van der Waals surface area contributed by atoms with Crippen LogP contribution < -0.4 is 11.3 Å². The second-order valence-electron chi connectivity index (χ2n) is 3.48. The number of nitrogens with one attached hydrogen (secondary N) is 1. The van der Waals surface area contributed by atoms with Crippen molar-refractivity contribution in [2.75, 3.05) is 0 Å². The second-order valence-corrected chi connectivity index (χ2v) is 3.48. The molecule has 0 aliphatic heterocycles. The first-order valence-corrected chi connectivity index (χ1v) is 4.54. The summed E-state index contributed by atoms with van der Waals surface area (Å²) in [4.78, 5) is 11.1. The third-order valence-electron chi connectivity index (χ3n) is 2.58. The molecule has 0 saturated heterocycles. The predicted octanol–water partition coefficient (Wildman–Crippen LogP) is 0.703. The Hall–Kier alpha value is -1.55. The lowest BCUT2D eigenvalue weighted by atomic mass is 10.1. The first-order valence-electron chi connectivity index (χ1n) is 4.54. The molecule has 2 heterocycles. The Morgan fingerprint density at radius 2 is 2.14 bits per heavy atom. The summed E-state index contributed by atoms with van der Waals surface area (Å²) in [6.45, 7) is 4.46. The number of aromatic nitrogens is 2. The maximum absolute atomic E-state index is 11.1. The van der Waals surface area contributed by atoms with Crippen molar-refractivity contribution in [2.24, 2.45) is 5.73 Å². The largest absolute Gasteiger partial charge is 0.326 e. The highest BCUT2D eigenvalue weighted by molar-refractivity contribution is 5.51. The van der Waals surface area contributed by atoms with Crippen LogP contribution in [0.15, 0.2) is 16.9 Å². The smallest absolute Gasteiger partial charge is 0.264 e. The Morgan fingerprint density at radius 1 is 1.43 bits per heavy atom. The molecule has 0 spiro atoms. The van der Waals surface area contributed by atoms with E-state index in [2.05, 4.69) is 5.10 Å². The zero-order valence-corrected chi connectivity index (χ0v) is 8.29. The van der Waals surface area contributed by atoms with Gasteiger partial charge in [0.25, 0.3) is 5.56 Å². The van der Waals surface area contributed by atoms with Gasteiger partial charge in [-0.1, -0.05) is 0 Å². The lowest BCUT2D eigenvalue weighted by Crippen LogP contribution is -2.08. The molecule has 0 unspecified atom stereocenters. The summed E-state index contributed by atoms with van der Waals surface area (Å²) in [7, 11) is 0. The molecule has 14 heavy (non-hydrogen) atoms. The van der Waals surface area contributed by atoms with Crippen molar-refractivity contribution in [1.82, 2.24) is 9.61 Å². The molecule has 0 saturated carbocycles. The third kappa shape index (κ3) is 1.15. The van der Waals surface area contributed by atoms with Crippen LogP contribution in [-0.2, 0) is 6.54 Å². The minimum absolute atomic E-state index is 0.0818. The Labute approximate surface area is 81.3 Å². The standard InChI is InChI=1S/C10H13N3O/c1-6-3-8-4-10(14)12-13(8)7(2)9(6)5-11/h3-4H,5,11H2,1-2H3,(H,12,14). The molecule has 0 aliphatic rings. The summed E-state index contributed by atoms with van der Waals surface area (Å²) < 4.78 is 1.78. The van der Waals surface area contributed by atoms with Crippen LogP contribution >= 0.6 is 0 Å². The fourth-order valence-corrected chi connectivity index (χ4v) is 1.83. The quantitative estimate of drug-likeness (QED) is 0.697. The Bertz CT molecular complexity index is 536. The topological polar surface area (TPSA) is 63.3 Å². The van der Waals surface area contributed by atoms with Crippen LogP contribution in [0, 0.1) is 13.8 Å². The number of aromatic amines is 1. The van der Waals surface area contributed by atoms with Gasteiger partial charge in [0, 0.05) is 18.3 Å². The first-order chi connectivity index (χ1) is 6.63. The SMILES string of the molecule is Cc1cc2cc(=O)[nH]n2c(C)c1CN. The van der Waals surface area contributed by atoms with Crippen LogP contribution in [0.4, 0.5) is 0 Å². The molecule has 2 rings (SSSR count). The van der Waals surface area contributed by atoms with Crippen molar-refractivity contribution in [3.8, 4) is 0 Å². The fourth-order valence-electron chi connectivity index (χ4n) is 1.83. The Kier molecular flexibility index (Phi) is 1.93. The van der Waals surface area contributed by atoms with Crippen LogP contribution in [0.1, 0.15) is 16.8 Å². The summed E-state index contributed by atoms with van der Waals surface area (Å²) in [5, 5.41) is 2.73. The molecule has 74 valence electrons. The molecule has 0 bridgehead atoms. The Balaban J connectivity index is 2.91. The number of fused-ring (bicyclic) bond motifs is 1. The molecule has 4 heteroatoms. The molecular formula is C10H13N3O. The van der Waals surface area contributed by atoms with Gasteiger partial charge in [-0.15, -0.1) is 0 Å².